The summed E-state index contributed by atoms with van der Waals surface area (Å²) in [5, 5.41) is 2.70. The highest BCUT2D eigenvalue weighted by atomic mass is 35.5. The van der Waals surface area contributed by atoms with Crippen LogP contribution in [0.4, 0.5) is 10.1 Å². The molecule has 0 bridgehead atoms. The van der Waals surface area contributed by atoms with Gasteiger partial charge in [0.15, 0.2) is 0 Å². The lowest BCUT2D eigenvalue weighted by Crippen LogP contribution is -2.40. The maximum Gasteiger partial charge on any atom is 0.226 e. The molecule has 0 heterocycles. The summed E-state index contributed by atoms with van der Waals surface area (Å²) in [7, 11) is 0. The third-order valence-corrected chi connectivity index (χ3v) is 3.65. The first kappa shape index (κ1) is 13.3. The van der Waals surface area contributed by atoms with Gasteiger partial charge in [0.25, 0.3) is 0 Å². The van der Waals surface area contributed by atoms with Gasteiger partial charge in [-0.1, -0.05) is 30.5 Å². The molecular weight excluding hydrogens is 255 g/mol. The van der Waals surface area contributed by atoms with E-state index in [1.165, 1.54) is 18.2 Å². The first-order valence-electron chi connectivity index (χ1n) is 6.03. The lowest BCUT2D eigenvalue weighted by Gasteiger charge is -2.22. The van der Waals surface area contributed by atoms with Crippen LogP contribution in [-0.2, 0) is 4.79 Å². The van der Waals surface area contributed by atoms with Crippen LogP contribution < -0.4 is 11.1 Å². The predicted octanol–water partition coefficient (Wildman–Crippen LogP) is 3.08. The van der Waals surface area contributed by atoms with Gasteiger partial charge in [0.05, 0.1) is 10.7 Å². The molecule has 0 unspecified atom stereocenters. The van der Waals surface area contributed by atoms with Crippen molar-refractivity contribution in [3.8, 4) is 0 Å². The van der Waals surface area contributed by atoms with Crippen LogP contribution in [0.5, 0.6) is 0 Å². The summed E-state index contributed by atoms with van der Waals surface area (Å²) in [5.41, 5.74) is 5.69. The van der Waals surface area contributed by atoms with E-state index in [1.54, 1.807) is 0 Å². The fourth-order valence-electron chi connectivity index (χ4n) is 2.38. The summed E-state index contributed by atoms with van der Waals surface area (Å²) in [6.07, 6.45) is 3.98. The molecule has 1 aliphatic carbocycles. The molecule has 1 aromatic carbocycles. The van der Waals surface area contributed by atoms with Crippen LogP contribution in [0, 0.1) is 5.82 Å². The van der Waals surface area contributed by atoms with Crippen molar-refractivity contribution in [2.24, 2.45) is 5.73 Å². The molecule has 3 N–H and O–H groups in total. The highest BCUT2D eigenvalue weighted by Gasteiger charge is 2.31. The number of amides is 1. The van der Waals surface area contributed by atoms with E-state index < -0.39 is 11.4 Å². The van der Waals surface area contributed by atoms with E-state index in [-0.39, 0.29) is 23.0 Å². The lowest BCUT2D eigenvalue weighted by molar-refractivity contribution is -0.117. The number of para-hydroxylation sites is 1. The Balaban J connectivity index is 2.03. The molecule has 0 saturated heterocycles. The zero-order chi connectivity index (χ0) is 13.2. The van der Waals surface area contributed by atoms with Gasteiger partial charge in [-0.2, -0.15) is 0 Å². The zero-order valence-corrected chi connectivity index (χ0v) is 10.8. The third kappa shape index (κ3) is 3.00. The number of nitrogens with two attached hydrogens (primary N) is 1. The average Bonchev–Trinajstić information content (AvgIpc) is 2.70. The van der Waals surface area contributed by atoms with Gasteiger partial charge in [-0.15, -0.1) is 0 Å². The van der Waals surface area contributed by atoms with Crippen molar-refractivity contribution in [3.63, 3.8) is 0 Å². The normalized spacial score (nSPS) is 17.7. The van der Waals surface area contributed by atoms with Crippen LogP contribution in [0.25, 0.3) is 0 Å². The molecule has 98 valence electrons. The minimum Gasteiger partial charge on any atom is -0.325 e. The number of carbonyl (C=O) groups excluding carboxylic acids is 1. The number of halogens is 2. The van der Waals surface area contributed by atoms with E-state index in [2.05, 4.69) is 5.32 Å². The van der Waals surface area contributed by atoms with Crippen LogP contribution in [0.1, 0.15) is 32.1 Å². The fourth-order valence-corrected chi connectivity index (χ4v) is 2.59. The van der Waals surface area contributed by atoms with Gasteiger partial charge in [0.1, 0.15) is 5.82 Å². The van der Waals surface area contributed by atoms with Crippen molar-refractivity contribution >= 4 is 23.2 Å². The van der Waals surface area contributed by atoms with Crippen molar-refractivity contribution in [1.82, 2.24) is 0 Å². The summed E-state index contributed by atoms with van der Waals surface area (Å²) in [6.45, 7) is 0. The second-order valence-electron chi connectivity index (χ2n) is 4.89. The van der Waals surface area contributed by atoms with Gasteiger partial charge in [-0.25, -0.2) is 4.39 Å². The Morgan fingerprint density at radius 1 is 1.44 bits per heavy atom. The molecule has 2 rings (SSSR count). The van der Waals surface area contributed by atoms with Gasteiger partial charge in [0.2, 0.25) is 5.91 Å². The molecule has 1 amide bonds. The van der Waals surface area contributed by atoms with E-state index >= 15 is 0 Å². The standard InChI is InChI=1S/C13H16ClFN2O/c14-9-4-3-5-10(15)12(9)17-11(18)8-13(16)6-1-2-7-13/h3-5H,1-2,6-8,16H2,(H,17,18). The lowest BCUT2D eigenvalue weighted by atomic mass is 9.94. The Morgan fingerprint density at radius 3 is 2.72 bits per heavy atom. The Morgan fingerprint density at radius 2 is 2.11 bits per heavy atom. The van der Waals surface area contributed by atoms with Gasteiger partial charge in [-0.05, 0) is 25.0 Å². The maximum absolute atomic E-state index is 13.5. The molecule has 18 heavy (non-hydrogen) atoms. The van der Waals surface area contributed by atoms with Crippen molar-refractivity contribution in [2.75, 3.05) is 5.32 Å². The van der Waals surface area contributed by atoms with E-state index in [9.17, 15) is 9.18 Å². The molecule has 1 aromatic rings. The summed E-state index contributed by atoms with van der Waals surface area (Å²) >= 11 is 5.84. The monoisotopic (exact) mass is 270 g/mol. The number of anilines is 1. The van der Waals surface area contributed by atoms with Crippen molar-refractivity contribution in [1.29, 1.82) is 0 Å². The Bertz CT molecular complexity index is 438. The highest BCUT2D eigenvalue weighted by molar-refractivity contribution is 6.33. The predicted molar refractivity (Wildman–Crippen MR) is 70.0 cm³/mol. The molecule has 1 fully saturated rings. The second kappa shape index (κ2) is 5.24. The molecule has 3 nitrogen and oxygen atoms in total. The third-order valence-electron chi connectivity index (χ3n) is 3.34. The van der Waals surface area contributed by atoms with E-state index in [4.69, 9.17) is 17.3 Å². The average molecular weight is 271 g/mol. The van der Waals surface area contributed by atoms with Crippen LogP contribution in [-0.4, -0.2) is 11.4 Å². The molecular formula is C13H16ClFN2O. The molecule has 1 saturated carbocycles. The molecule has 5 heteroatoms. The maximum atomic E-state index is 13.5. The Labute approximate surface area is 111 Å². The van der Waals surface area contributed by atoms with Gasteiger partial charge in [0, 0.05) is 12.0 Å². The quantitative estimate of drug-likeness (QED) is 0.887. The summed E-state index contributed by atoms with van der Waals surface area (Å²) in [4.78, 5) is 11.9. The number of carbonyl (C=O) groups is 1. The zero-order valence-electron chi connectivity index (χ0n) is 10.0. The minimum absolute atomic E-state index is 0.0331. The van der Waals surface area contributed by atoms with Crippen LogP contribution in [0.15, 0.2) is 18.2 Å². The first-order valence-corrected chi connectivity index (χ1v) is 6.41. The van der Waals surface area contributed by atoms with Crippen molar-refractivity contribution in [3.05, 3.63) is 29.0 Å². The number of hydrogen-bond donors (Lipinski definition) is 2. The minimum atomic E-state index is -0.534. The number of rotatable bonds is 3. The molecule has 0 aliphatic heterocycles. The molecule has 0 radical (unpaired) electrons. The van der Waals surface area contributed by atoms with Crippen molar-refractivity contribution < 1.29 is 9.18 Å². The Kier molecular flexibility index (Phi) is 3.88. The SMILES string of the molecule is NC1(CC(=O)Nc2c(F)cccc2Cl)CCCC1. The fraction of sp³-hybridized carbons (Fsp3) is 0.462. The first-order chi connectivity index (χ1) is 8.50. The largest absolute Gasteiger partial charge is 0.325 e. The van der Waals surface area contributed by atoms with Crippen LogP contribution in [0.3, 0.4) is 0 Å². The summed E-state index contributed by atoms with van der Waals surface area (Å²) in [6, 6.07) is 4.29. The number of hydrogen-bond acceptors (Lipinski definition) is 2. The van der Waals surface area contributed by atoms with Gasteiger partial charge >= 0.3 is 0 Å². The van der Waals surface area contributed by atoms with Gasteiger partial charge in [-0.3, -0.25) is 4.79 Å². The second-order valence-corrected chi connectivity index (χ2v) is 5.30. The van der Waals surface area contributed by atoms with E-state index in [0.717, 1.165) is 25.7 Å². The molecule has 1 aliphatic rings. The smallest absolute Gasteiger partial charge is 0.226 e. The number of benzene rings is 1. The van der Waals surface area contributed by atoms with E-state index in [0.29, 0.717) is 0 Å². The Hall–Kier alpha value is -1.13. The van der Waals surface area contributed by atoms with E-state index in [1.807, 2.05) is 0 Å². The van der Waals surface area contributed by atoms with Crippen LogP contribution in [0.2, 0.25) is 5.02 Å². The molecule has 0 spiro atoms. The molecule has 0 atom stereocenters. The summed E-state index contributed by atoms with van der Waals surface area (Å²) in [5.74, 6) is -0.820. The summed E-state index contributed by atoms with van der Waals surface area (Å²) < 4.78 is 13.5. The van der Waals surface area contributed by atoms with Gasteiger partial charge < -0.3 is 11.1 Å². The molecule has 0 aromatic heterocycles. The van der Waals surface area contributed by atoms with Crippen LogP contribution >= 0.6 is 11.6 Å². The van der Waals surface area contributed by atoms with Crippen molar-refractivity contribution in [2.45, 2.75) is 37.6 Å². The topological polar surface area (TPSA) is 55.1 Å². The number of nitrogens with one attached hydrogen (secondary N) is 1. The highest BCUT2D eigenvalue weighted by Crippen LogP contribution is 2.31.